The van der Waals surface area contributed by atoms with Gasteiger partial charge in [0.25, 0.3) is 11.8 Å². The first-order chi connectivity index (χ1) is 14.3. The normalized spacial score (nSPS) is 15.7. The number of furan rings is 1. The molecule has 0 saturated carbocycles. The van der Waals surface area contributed by atoms with Gasteiger partial charge in [0.15, 0.2) is 0 Å². The van der Waals surface area contributed by atoms with Gasteiger partial charge < -0.3 is 14.6 Å². The monoisotopic (exact) mass is 426 g/mol. The van der Waals surface area contributed by atoms with Crippen molar-refractivity contribution < 1.29 is 29.0 Å². The summed E-state index contributed by atoms with van der Waals surface area (Å²) in [5, 5.41) is 27.7. The van der Waals surface area contributed by atoms with E-state index in [-0.39, 0.29) is 39.6 Å². The lowest BCUT2D eigenvalue weighted by atomic mass is 9.95. The molecule has 1 aliphatic heterocycles. The number of halogens is 1. The summed E-state index contributed by atoms with van der Waals surface area (Å²) in [6.07, 6.45) is 1.39. The zero-order chi connectivity index (χ0) is 22.0. The van der Waals surface area contributed by atoms with Crippen LogP contribution < -0.4 is 0 Å². The fourth-order valence-electron chi connectivity index (χ4n) is 3.00. The number of nitrogens with zero attached hydrogens (tertiary/aromatic N) is 2. The number of aliphatic hydroxyl groups is 1. The number of carbonyl (C=O) groups is 3. The highest BCUT2D eigenvalue weighted by molar-refractivity contribution is 6.33. The Bertz CT molecular complexity index is 1170. The maximum Gasteiger partial charge on any atom is 0.337 e. The van der Waals surface area contributed by atoms with Crippen molar-refractivity contribution in [3.05, 3.63) is 63.4 Å². The van der Waals surface area contributed by atoms with Crippen molar-refractivity contribution in [2.75, 3.05) is 13.2 Å². The molecule has 2 N–H and O–H groups in total. The molecule has 0 bridgehead atoms. The van der Waals surface area contributed by atoms with Crippen LogP contribution in [0.1, 0.15) is 23.0 Å². The lowest BCUT2D eigenvalue weighted by molar-refractivity contribution is -0.141. The van der Waals surface area contributed by atoms with Crippen molar-refractivity contribution in [1.82, 2.24) is 4.90 Å². The molecule has 2 aromatic rings. The summed E-state index contributed by atoms with van der Waals surface area (Å²) in [5.74, 6) is -1.98. The van der Waals surface area contributed by atoms with E-state index >= 15 is 0 Å². The minimum atomic E-state index is -1.18. The van der Waals surface area contributed by atoms with Crippen LogP contribution >= 0.6 is 11.6 Å². The molecular weight excluding hydrogens is 412 g/mol. The molecule has 0 unspecified atom stereocenters. The number of carbonyl (C=O) groups excluding carboxylic acids is 2. The van der Waals surface area contributed by atoms with Crippen LogP contribution in [0.15, 0.2) is 51.5 Å². The molecule has 30 heavy (non-hydrogen) atoms. The minimum Gasteiger partial charge on any atom is -0.478 e. The molecule has 1 aromatic carbocycles. The molecule has 9 heteroatoms. The van der Waals surface area contributed by atoms with Crippen LogP contribution in [-0.4, -0.2) is 46.0 Å². The van der Waals surface area contributed by atoms with E-state index in [0.29, 0.717) is 11.3 Å². The molecule has 0 radical (unpaired) electrons. The summed E-state index contributed by atoms with van der Waals surface area (Å²) in [5.41, 5.74) is 0.494. The summed E-state index contributed by atoms with van der Waals surface area (Å²) in [4.78, 5) is 37.0. The lowest BCUT2D eigenvalue weighted by Crippen LogP contribution is -2.44. The van der Waals surface area contributed by atoms with E-state index in [1.54, 1.807) is 24.3 Å². The number of rotatable bonds is 5. The number of aliphatic hydroxyl groups excluding tert-OH is 1. The highest BCUT2D eigenvalue weighted by atomic mass is 35.5. The molecule has 1 aromatic heterocycles. The fraction of sp³-hybridized carbons (Fsp3) is 0.143. The fourth-order valence-corrected chi connectivity index (χ4v) is 3.20. The first-order valence-corrected chi connectivity index (χ1v) is 9.09. The smallest absolute Gasteiger partial charge is 0.337 e. The SMILES string of the molecule is CC1=C(C#N)C(=O)N(CCO)C(=O)/C1=C\c1ccc(-c2ccc(Cl)c(C(=O)O)c2)o1. The summed E-state index contributed by atoms with van der Waals surface area (Å²) in [6, 6.07) is 9.36. The van der Waals surface area contributed by atoms with Crippen molar-refractivity contribution in [1.29, 1.82) is 5.26 Å². The van der Waals surface area contributed by atoms with Gasteiger partial charge in [-0.2, -0.15) is 5.26 Å². The molecular formula is C21H15ClN2O6. The molecule has 2 amide bonds. The number of β-amino-alcohol motifs (C(OH)–C–C–N with tert-alkyl or cyclic N) is 1. The summed E-state index contributed by atoms with van der Waals surface area (Å²) >= 11 is 5.88. The van der Waals surface area contributed by atoms with Gasteiger partial charge in [-0.05, 0) is 48.9 Å². The van der Waals surface area contributed by atoms with E-state index in [1.807, 2.05) is 0 Å². The Balaban J connectivity index is 2.03. The molecule has 8 nitrogen and oxygen atoms in total. The first kappa shape index (κ1) is 21.0. The van der Waals surface area contributed by atoms with E-state index in [4.69, 9.17) is 21.1 Å². The van der Waals surface area contributed by atoms with Crippen molar-refractivity contribution in [2.24, 2.45) is 0 Å². The Labute approximate surface area is 175 Å². The van der Waals surface area contributed by atoms with E-state index in [1.165, 1.54) is 25.1 Å². The highest BCUT2D eigenvalue weighted by Crippen LogP contribution is 2.30. The van der Waals surface area contributed by atoms with Gasteiger partial charge >= 0.3 is 5.97 Å². The van der Waals surface area contributed by atoms with Gasteiger partial charge in [-0.25, -0.2) is 4.79 Å². The maximum atomic E-state index is 12.7. The molecule has 0 aliphatic carbocycles. The average molecular weight is 427 g/mol. The molecule has 0 fully saturated rings. The zero-order valence-electron chi connectivity index (χ0n) is 15.7. The van der Waals surface area contributed by atoms with E-state index in [2.05, 4.69) is 0 Å². The predicted molar refractivity (Wildman–Crippen MR) is 106 cm³/mol. The molecule has 0 atom stereocenters. The highest BCUT2D eigenvalue weighted by Gasteiger charge is 2.35. The van der Waals surface area contributed by atoms with Crippen molar-refractivity contribution >= 4 is 35.5 Å². The van der Waals surface area contributed by atoms with Crippen LogP contribution in [0, 0.1) is 11.3 Å². The van der Waals surface area contributed by atoms with E-state index in [9.17, 15) is 24.8 Å². The lowest BCUT2D eigenvalue weighted by Gasteiger charge is -2.26. The van der Waals surface area contributed by atoms with Gasteiger partial charge in [-0.15, -0.1) is 0 Å². The average Bonchev–Trinajstić information content (AvgIpc) is 3.18. The Morgan fingerprint density at radius 3 is 2.63 bits per heavy atom. The summed E-state index contributed by atoms with van der Waals surface area (Å²) < 4.78 is 5.71. The van der Waals surface area contributed by atoms with Crippen LogP contribution in [0.25, 0.3) is 17.4 Å². The van der Waals surface area contributed by atoms with Gasteiger partial charge in [0, 0.05) is 11.1 Å². The maximum absolute atomic E-state index is 12.7. The van der Waals surface area contributed by atoms with Gasteiger partial charge in [-0.3, -0.25) is 14.5 Å². The van der Waals surface area contributed by atoms with Crippen molar-refractivity contribution in [2.45, 2.75) is 6.92 Å². The second kappa shape index (κ2) is 8.37. The molecule has 2 heterocycles. The second-order valence-corrected chi connectivity index (χ2v) is 6.76. The van der Waals surface area contributed by atoms with Gasteiger partial charge in [0.1, 0.15) is 23.2 Å². The van der Waals surface area contributed by atoms with Crippen molar-refractivity contribution in [3.8, 4) is 17.4 Å². The van der Waals surface area contributed by atoms with Crippen molar-refractivity contribution in [3.63, 3.8) is 0 Å². The minimum absolute atomic E-state index is 0.0801. The number of hydrogen-bond acceptors (Lipinski definition) is 6. The largest absolute Gasteiger partial charge is 0.478 e. The molecule has 152 valence electrons. The van der Waals surface area contributed by atoms with E-state index < -0.39 is 24.4 Å². The Kier molecular flexibility index (Phi) is 5.87. The van der Waals surface area contributed by atoms with Crippen LogP contribution in [0.2, 0.25) is 5.02 Å². The quantitative estimate of drug-likeness (QED) is 0.554. The number of nitriles is 1. The Morgan fingerprint density at radius 2 is 2.00 bits per heavy atom. The number of carboxylic acids is 1. The van der Waals surface area contributed by atoms with Crippen LogP contribution in [0.5, 0.6) is 0 Å². The molecule has 3 rings (SSSR count). The number of hydrogen-bond donors (Lipinski definition) is 2. The number of amides is 2. The third-order valence-electron chi connectivity index (χ3n) is 4.54. The Morgan fingerprint density at radius 1 is 1.27 bits per heavy atom. The van der Waals surface area contributed by atoms with Crippen LogP contribution in [0.4, 0.5) is 0 Å². The van der Waals surface area contributed by atoms with Gasteiger partial charge in [0.2, 0.25) is 0 Å². The number of aromatic carboxylic acids is 1. The molecule has 0 saturated heterocycles. The third kappa shape index (κ3) is 3.76. The number of imide groups is 1. The Hall–Kier alpha value is -3.67. The first-order valence-electron chi connectivity index (χ1n) is 8.71. The molecule has 1 aliphatic rings. The van der Waals surface area contributed by atoms with E-state index in [0.717, 1.165) is 4.90 Å². The summed E-state index contributed by atoms with van der Waals surface area (Å²) in [6.45, 7) is 0.814. The number of carboxylic acid groups (broad SMARTS) is 1. The topological polar surface area (TPSA) is 132 Å². The zero-order valence-corrected chi connectivity index (χ0v) is 16.4. The standard InChI is InChI=1S/C21H15ClN2O6/c1-11-14(19(26)24(6-7-25)20(27)16(11)10-23)9-13-3-5-18(30-13)12-2-4-17(22)15(8-12)21(28)29/h2-5,8-9,25H,6-7H2,1H3,(H,28,29)/b14-9-. The third-order valence-corrected chi connectivity index (χ3v) is 4.87. The predicted octanol–water partition coefficient (Wildman–Crippen LogP) is 2.88. The van der Waals surface area contributed by atoms with Gasteiger partial charge in [0.05, 0.1) is 23.7 Å². The second-order valence-electron chi connectivity index (χ2n) is 6.36. The number of benzene rings is 1. The summed E-state index contributed by atoms with van der Waals surface area (Å²) in [7, 11) is 0. The van der Waals surface area contributed by atoms with Crippen LogP contribution in [0.3, 0.4) is 0 Å². The van der Waals surface area contributed by atoms with Gasteiger partial charge in [-0.1, -0.05) is 11.6 Å². The molecule has 0 spiro atoms. The van der Waals surface area contributed by atoms with Crippen LogP contribution in [-0.2, 0) is 9.59 Å².